The molecule has 0 spiro atoms. The van der Waals surface area contributed by atoms with Crippen LogP contribution in [-0.2, 0) is 0 Å². The molecule has 0 saturated heterocycles. The first-order valence-corrected chi connectivity index (χ1v) is 4.88. The third kappa shape index (κ3) is 2.02. The molecule has 0 fully saturated rings. The molecule has 1 atom stereocenters. The smallest absolute Gasteiger partial charge is 0.219 e. The molecule has 0 radical (unpaired) electrons. The molecule has 4 heteroatoms. The summed E-state index contributed by atoms with van der Waals surface area (Å²) >= 11 is 5.37. The average Bonchev–Trinajstić information content (AvgIpc) is 1.81. The van der Waals surface area contributed by atoms with Gasteiger partial charge in [0.1, 0.15) is 0 Å². The highest BCUT2D eigenvalue weighted by molar-refractivity contribution is 6.24. The van der Waals surface area contributed by atoms with Crippen LogP contribution in [0, 0.1) is 10.8 Å². The van der Waals surface area contributed by atoms with Crippen molar-refractivity contribution in [2.24, 2.45) is 10.8 Å². The predicted octanol–water partition coefficient (Wildman–Crippen LogP) is 4.62. The maximum Gasteiger partial charge on any atom is 0.300 e. The van der Waals surface area contributed by atoms with Gasteiger partial charge in [-0.15, -0.1) is 0 Å². The van der Waals surface area contributed by atoms with E-state index in [0.29, 0.717) is 0 Å². The van der Waals surface area contributed by atoms with Crippen LogP contribution in [0.3, 0.4) is 0 Å². The van der Waals surface area contributed by atoms with Crippen molar-refractivity contribution in [3.8, 4) is 0 Å². The van der Waals surface area contributed by atoms with E-state index in [1.807, 2.05) is 0 Å². The molecular weight excluding hydrogens is 213 g/mol. The van der Waals surface area contributed by atoms with Crippen LogP contribution in [0.4, 0.5) is 13.2 Å². The molecule has 0 bridgehead atoms. The molecule has 14 heavy (non-hydrogen) atoms. The molecule has 86 valence electrons. The minimum atomic E-state index is -3.58. The van der Waals surface area contributed by atoms with E-state index in [4.69, 9.17) is 11.6 Å². The Labute approximate surface area is 88.8 Å². The summed E-state index contributed by atoms with van der Waals surface area (Å²) < 4.78 is 41.3. The molecule has 0 saturated carbocycles. The van der Waals surface area contributed by atoms with E-state index in [9.17, 15) is 13.2 Å². The molecule has 0 aliphatic heterocycles. The van der Waals surface area contributed by atoms with Crippen LogP contribution in [0.15, 0.2) is 0 Å². The van der Waals surface area contributed by atoms with Crippen molar-refractivity contribution < 1.29 is 13.2 Å². The lowest BCUT2D eigenvalue weighted by Crippen LogP contribution is -2.55. The van der Waals surface area contributed by atoms with Gasteiger partial charge in [-0.1, -0.05) is 53.1 Å². The summed E-state index contributed by atoms with van der Waals surface area (Å²) in [6.07, 6.45) is 0. The summed E-state index contributed by atoms with van der Waals surface area (Å²) in [5.74, 6) is -3.58. The maximum absolute atomic E-state index is 13.9. The molecule has 0 heterocycles. The van der Waals surface area contributed by atoms with Gasteiger partial charge < -0.3 is 0 Å². The van der Waals surface area contributed by atoms with E-state index in [1.165, 1.54) is 41.5 Å². The Kier molecular flexibility index (Phi) is 3.31. The van der Waals surface area contributed by atoms with Crippen molar-refractivity contribution >= 4 is 11.6 Å². The minimum Gasteiger partial charge on any atom is -0.219 e. The summed E-state index contributed by atoms with van der Waals surface area (Å²) in [5.41, 5.74) is -2.82. The van der Waals surface area contributed by atoms with Gasteiger partial charge in [-0.2, -0.15) is 0 Å². The number of hydrogen-bond donors (Lipinski definition) is 0. The molecule has 0 N–H and O–H groups in total. The Balaban J connectivity index is 5.30. The summed E-state index contributed by atoms with van der Waals surface area (Å²) in [6, 6.07) is 0. The second kappa shape index (κ2) is 3.29. The van der Waals surface area contributed by atoms with Gasteiger partial charge in [-0.05, 0) is 0 Å². The van der Waals surface area contributed by atoms with Crippen LogP contribution < -0.4 is 0 Å². The third-order valence-corrected chi connectivity index (χ3v) is 3.08. The quantitative estimate of drug-likeness (QED) is 0.577. The van der Waals surface area contributed by atoms with Gasteiger partial charge in [0.05, 0.1) is 0 Å². The molecule has 0 nitrogen and oxygen atoms in total. The SMILES string of the molecule is CC(C)(C)C(F)(F)C(F)(Cl)C(C)(C)C. The Morgan fingerprint density at radius 3 is 1.07 bits per heavy atom. The van der Waals surface area contributed by atoms with E-state index < -0.39 is 21.9 Å². The average molecular weight is 231 g/mol. The zero-order chi connectivity index (χ0) is 12.0. The fourth-order valence-corrected chi connectivity index (χ4v) is 1.23. The minimum absolute atomic E-state index is 1.27. The van der Waals surface area contributed by atoms with E-state index in [2.05, 4.69) is 0 Å². The monoisotopic (exact) mass is 230 g/mol. The highest BCUT2D eigenvalue weighted by Crippen LogP contribution is 2.55. The van der Waals surface area contributed by atoms with E-state index in [1.54, 1.807) is 0 Å². The van der Waals surface area contributed by atoms with Crippen LogP contribution in [0.1, 0.15) is 41.5 Å². The van der Waals surface area contributed by atoms with Crippen LogP contribution in [0.2, 0.25) is 0 Å². The first-order valence-electron chi connectivity index (χ1n) is 4.51. The first kappa shape index (κ1) is 14.1. The number of rotatable bonds is 1. The second-order valence-electron chi connectivity index (χ2n) is 5.65. The van der Waals surface area contributed by atoms with Crippen molar-refractivity contribution in [1.29, 1.82) is 0 Å². The van der Waals surface area contributed by atoms with Crippen molar-refractivity contribution in [1.82, 2.24) is 0 Å². The van der Waals surface area contributed by atoms with Crippen molar-refractivity contribution in [2.75, 3.05) is 0 Å². The molecule has 0 aromatic carbocycles. The van der Waals surface area contributed by atoms with Gasteiger partial charge in [-0.3, -0.25) is 0 Å². The van der Waals surface area contributed by atoms with E-state index >= 15 is 0 Å². The summed E-state index contributed by atoms with van der Waals surface area (Å²) in [7, 11) is 0. The lowest BCUT2D eigenvalue weighted by molar-refractivity contribution is -0.198. The van der Waals surface area contributed by atoms with Gasteiger partial charge in [0.25, 0.3) is 11.1 Å². The Morgan fingerprint density at radius 1 is 0.714 bits per heavy atom. The zero-order valence-electron chi connectivity index (χ0n) is 9.51. The molecule has 0 aromatic heterocycles. The highest BCUT2D eigenvalue weighted by atomic mass is 35.5. The van der Waals surface area contributed by atoms with Crippen LogP contribution in [-0.4, -0.2) is 11.1 Å². The topological polar surface area (TPSA) is 0 Å². The summed E-state index contributed by atoms with van der Waals surface area (Å²) in [4.78, 5) is 0. The Hall–Kier alpha value is 0.0800. The standard InChI is InChI=1S/C10H18ClF3/c1-7(2,3)9(11,12)10(13,14)8(4,5)6/h1-6H3. The van der Waals surface area contributed by atoms with Crippen molar-refractivity contribution in [3.63, 3.8) is 0 Å². The lowest BCUT2D eigenvalue weighted by Gasteiger charge is -2.44. The Bertz CT molecular complexity index is 184. The molecule has 0 rings (SSSR count). The van der Waals surface area contributed by atoms with Gasteiger partial charge in [0.15, 0.2) is 0 Å². The van der Waals surface area contributed by atoms with Crippen LogP contribution >= 0.6 is 11.6 Å². The zero-order valence-corrected chi connectivity index (χ0v) is 10.3. The Morgan fingerprint density at radius 2 is 1.00 bits per heavy atom. The third-order valence-electron chi connectivity index (χ3n) is 2.28. The molecule has 0 aliphatic carbocycles. The molecule has 0 aromatic rings. The van der Waals surface area contributed by atoms with Crippen LogP contribution in [0.25, 0.3) is 0 Å². The lowest BCUT2D eigenvalue weighted by atomic mass is 9.75. The van der Waals surface area contributed by atoms with Gasteiger partial charge in [0.2, 0.25) is 0 Å². The van der Waals surface area contributed by atoms with Crippen molar-refractivity contribution in [2.45, 2.75) is 52.6 Å². The number of halogens is 4. The van der Waals surface area contributed by atoms with Gasteiger partial charge >= 0.3 is 0 Å². The molecule has 0 amide bonds. The summed E-state index contributed by atoms with van der Waals surface area (Å²) in [6.45, 7) is 7.90. The predicted molar refractivity (Wildman–Crippen MR) is 53.5 cm³/mol. The maximum atomic E-state index is 13.9. The first-order chi connectivity index (χ1) is 5.75. The van der Waals surface area contributed by atoms with E-state index in [0.717, 1.165) is 0 Å². The molecule has 1 unspecified atom stereocenters. The fourth-order valence-electron chi connectivity index (χ4n) is 0.942. The fraction of sp³-hybridized carbons (Fsp3) is 1.00. The van der Waals surface area contributed by atoms with Crippen LogP contribution in [0.5, 0.6) is 0 Å². The largest absolute Gasteiger partial charge is 0.300 e. The van der Waals surface area contributed by atoms with Crippen molar-refractivity contribution in [3.05, 3.63) is 0 Å². The summed E-state index contributed by atoms with van der Waals surface area (Å²) in [5, 5.41) is -3.04. The van der Waals surface area contributed by atoms with Gasteiger partial charge in [0, 0.05) is 10.8 Å². The number of hydrogen-bond acceptors (Lipinski definition) is 0. The normalized spacial score (nSPS) is 19.3. The molecule has 0 aliphatic rings. The highest BCUT2D eigenvalue weighted by Gasteiger charge is 2.65. The molecular formula is C10H18ClF3. The number of alkyl halides is 4. The second-order valence-corrected chi connectivity index (χ2v) is 6.17. The van der Waals surface area contributed by atoms with E-state index in [-0.39, 0.29) is 0 Å². The van der Waals surface area contributed by atoms with Gasteiger partial charge in [-0.25, -0.2) is 13.2 Å².